The first kappa shape index (κ1) is 30.2. The van der Waals surface area contributed by atoms with Crippen molar-refractivity contribution in [3.63, 3.8) is 0 Å². The first-order chi connectivity index (χ1) is 17.5. The fourth-order valence-corrected chi connectivity index (χ4v) is 8.57. The molecule has 0 aliphatic carbocycles. The molecular weight excluding hydrogens is 472 g/mol. The van der Waals surface area contributed by atoms with Gasteiger partial charge in [0, 0.05) is 0 Å². The fourth-order valence-electron chi connectivity index (χ4n) is 4.03. The SMILES string of the molecule is C#CCOCCOCCOCCOCCOCCO[Si](c1ccccc1)(c1ccccc1)C(C)(C)C. The lowest BCUT2D eigenvalue weighted by atomic mass is 10.2. The average Bonchev–Trinajstić information content (AvgIpc) is 2.88. The summed E-state index contributed by atoms with van der Waals surface area (Å²) in [5.74, 6) is 2.41. The first-order valence-corrected chi connectivity index (χ1v) is 14.5. The first-order valence-electron chi connectivity index (χ1n) is 12.6. The Morgan fingerprint density at radius 2 is 0.944 bits per heavy atom. The van der Waals surface area contributed by atoms with Crippen molar-refractivity contribution in [2.24, 2.45) is 0 Å². The molecule has 7 heteroatoms. The van der Waals surface area contributed by atoms with Crippen molar-refractivity contribution in [1.82, 2.24) is 0 Å². The molecule has 0 bridgehead atoms. The zero-order valence-electron chi connectivity index (χ0n) is 22.1. The molecule has 0 aromatic heterocycles. The normalized spacial score (nSPS) is 11.9. The van der Waals surface area contributed by atoms with E-state index >= 15 is 0 Å². The second kappa shape index (κ2) is 17.4. The minimum Gasteiger partial charge on any atom is -0.405 e. The van der Waals surface area contributed by atoms with Crippen LogP contribution in [-0.4, -0.2) is 81.0 Å². The molecule has 36 heavy (non-hydrogen) atoms. The number of ether oxygens (including phenoxy) is 5. The maximum absolute atomic E-state index is 6.81. The van der Waals surface area contributed by atoms with E-state index in [1.165, 1.54) is 10.4 Å². The summed E-state index contributed by atoms with van der Waals surface area (Å²) in [5, 5.41) is 2.50. The molecule has 198 valence electrons. The summed E-state index contributed by atoms with van der Waals surface area (Å²) in [7, 11) is -2.51. The van der Waals surface area contributed by atoms with Crippen LogP contribution < -0.4 is 10.4 Å². The van der Waals surface area contributed by atoms with E-state index in [-0.39, 0.29) is 5.04 Å². The molecule has 0 spiro atoms. The van der Waals surface area contributed by atoms with Crippen LogP contribution in [0.25, 0.3) is 0 Å². The molecule has 0 aliphatic heterocycles. The van der Waals surface area contributed by atoms with Gasteiger partial charge in [0.05, 0.1) is 66.1 Å². The zero-order valence-corrected chi connectivity index (χ0v) is 23.1. The Morgan fingerprint density at radius 1 is 0.583 bits per heavy atom. The number of rotatable bonds is 19. The van der Waals surface area contributed by atoms with Crippen LogP contribution in [0.5, 0.6) is 0 Å². The van der Waals surface area contributed by atoms with E-state index in [0.717, 1.165) is 0 Å². The Hall–Kier alpha value is -2.02. The van der Waals surface area contributed by atoms with Crippen LogP contribution in [0.2, 0.25) is 5.04 Å². The molecule has 0 radical (unpaired) electrons. The number of terminal acetylenes is 1. The molecule has 0 unspecified atom stereocenters. The van der Waals surface area contributed by atoms with Crippen LogP contribution in [0.4, 0.5) is 0 Å². The van der Waals surface area contributed by atoms with Crippen LogP contribution in [0, 0.1) is 12.3 Å². The summed E-state index contributed by atoms with van der Waals surface area (Å²) in [5.41, 5.74) is 0. The van der Waals surface area contributed by atoms with Gasteiger partial charge >= 0.3 is 0 Å². The van der Waals surface area contributed by atoms with Crippen molar-refractivity contribution in [3.05, 3.63) is 60.7 Å². The van der Waals surface area contributed by atoms with Crippen LogP contribution in [0.1, 0.15) is 20.8 Å². The molecule has 0 fully saturated rings. The molecule has 0 amide bonds. The molecule has 0 aliphatic rings. The topological polar surface area (TPSA) is 55.4 Å². The molecule has 6 nitrogen and oxygen atoms in total. The Bertz CT molecular complexity index is 808. The standard InChI is InChI=1S/C29H42O6Si/c1-5-16-30-17-18-31-19-20-32-21-22-33-23-24-34-25-26-35-36(29(2,3)4,27-12-8-6-9-13-27)28-14-10-7-11-15-28/h1,6-15H,16-26H2,2-4H3. The third-order valence-electron chi connectivity index (χ3n) is 5.64. The minimum absolute atomic E-state index is 0.0421. The molecule has 0 atom stereocenters. The molecule has 0 heterocycles. The lowest BCUT2D eigenvalue weighted by molar-refractivity contribution is -0.0112. The van der Waals surface area contributed by atoms with E-state index in [1.54, 1.807) is 0 Å². The maximum Gasteiger partial charge on any atom is 0.261 e. The predicted octanol–water partition coefficient (Wildman–Crippen LogP) is 3.28. The largest absolute Gasteiger partial charge is 0.405 e. The Kier molecular flexibility index (Phi) is 14.6. The number of hydrogen-bond donors (Lipinski definition) is 0. The quantitative estimate of drug-likeness (QED) is 0.163. The molecular formula is C29H42O6Si. The highest BCUT2D eigenvalue weighted by molar-refractivity contribution is 6.99. The molecule has 0 saturated carbocycles. The predicted molar refractivity (Wildman–Crippen MR) is 147 cm³/mol. The van der Waals surface area contributed by atoms with Crippen LogP contribution in [-0.2, 0) is 28.1 Å². The van der Waals surface area contributed by atoms with Gasteiger partial charge in [0.25, 0.3) is 8.32 Å². The summed E-state index contributed by atoms with van der Waals surface area (Å²) in [6.07, 6.45) is 5.10. The second-order valence-electron chi connectivity index (χ2n) is 9.22. The van der Waals surface area contributed by atoms with Gasteiger partial charge in [-0.1, -0.05) is 87.4 Å². The van der Waals surface area contributed by atoms with Crippen LogP contribution in [0.15, 0.2) is 60.7 Å². The highest BCUT2D eigenvalue weighted by Gasteiger charge is 2.49. The number of benzene rings is 2. The summed E-state index contributed by atoms with van der Waals surface area (Å²) >= 11 is 0. The highest BCUT2D eigenvalue weighted by Crippen LogP contribution is 2.36. The van der Waals surface area contributed by atoms with Crippen molar-refractivity contribution in [2.45, 2.75) is 25.8 Å². The van der Waals surface area contributed by atoms with Gasteiger partial charge in [-0.15, -0.1) is 6.42 Å². The van der Waals surface area contributed by atoms with Crippen LogP contribution >= 0.6 is 0 Å². The van der Waals surface area contributed by atoms with Gasteiger partial charge in [-0.3, -0.25) is 0 Å². The van der Waals surface area contributed by atoms with E-state index in [0.29, 0.717) is 72.7 Å². The summed E-state index contributed by atoms with van der Waals surface area (Å²) < 4.78 is 34.2. The molecule has 2 aromatic rings. The van der Waals surface area contributed by atoms with Gasteiger partial charge in [0.1, 0.15) is 6.61 Å². The van der Waals surface area contributed by atoms with Crippen molar-refractivity contribution in [1.29, 1.82) is 0 Å². The van der Waals surface area contributed by atoms with E-state index < -0.39 is 8.32 Å². The van der Waals surface area contributed by atoms with Crippen LogP contribution in [0.3, 0.4) is 0 Å². The van der Waals surface area contributed by atoms with Crippen molar-refractivity contribution in [3.8, 4) is 12.3 Å². The Labute approximate surface area is 218 Å². The third kappa shape index (κ3) is 10.2. The van der Waals surface area contributed by atoms with Gasteiger partial charge in [0.2, 0.25) is 0 Å². The van der Waals surface area contributed by atoms with Crippen molar-refractivity contribution in [2.75, 3.05) is 72.7 Å². The average molecular weight is 515 g/mol. The smallest absolute Gasteiger partial charge is 0.261 e. The van der Waals surface area contributed by atoms with Gasteiger partial charge < -0.3 is 28.1 Å². The van der Waals surface area contributed by atoms with Gasteiger partial charge in [-0.05, 0) is 15.4 Å². The summed E-state index contributed by atoms with van der Waals surface area (Å²) in [6, 6.07) is 21.3. The van der Waals surface area contributed by atoms with Gasteiger partial charge in [-0.25, -0.2) is 0 Å². The zero-order chi connectivity index (χ0) is 26.0. The van der Waals surface area contributed by atoms with E-state index in [2.05, 4.69) is 87.4 Å². The van der Waals surface area contributed by atoms with Gasteiger partial charge in [0.15, 0.2) is 0 Å². The highest BCUT2D eigenvalue weighted by atomic mass is 28.4. The lowest BCUT2D eigenvalue weighted by Crippen LogP contribution is -2.66. The molecule has 2 rings (SSSR count). The monoisotopic (exact) mass is 514 g/mol. The summed E-state index contributed by atoms with van der Waals surface area (Å²) in [6.45, 7) is 12.3. The van der Waals surface area contributed by atoms with E-state index in [4.69, 9.17) is 34.5 Å². The molecule has 0 N–H and O–H groups in total. The van der Waals surface area contributed by atoms with Gasteiger partial charge in [-0.2, -0.15) is 0 Å². The number of hydrogen-bond acceptors (Lipinski definition) is 6. The lowest BCUT2D eigenvalue weighted by Gasteiger charge is -2.43. The second-order valence-corrected chi connectivity index (χ2v) is 13.5. The Balaban J connectivity index is 1.65. The fraction of sp³-hybridized carbons (Fsp3) is 0.517. The Morgan fingerprint density at radius 3 is 1.31 bits per heavy atom. The summed E-state index contributed by atoms with van der Waals surface area (Å²) in [4.78, 5) is 0. The van der Waals surface area contributed by atoms with Crippen molar-refractivity contribution >= 4 is 18.7 Å². The third-order valence-corrected chi connectivity index (χ3v) is 10.7. The molecule has 2 aromatic carbocycles. The maximum atomic E-state index is 6.81. The van der Waals surface area contributed by atoms with Crippen molar-refractivity contribution < 1.29 is 28.1 Å². The van der Waals surface area contributed by atoms with E-state index in [1.807, 2.05) is 0 Å². The molecule has 0 saturated heterocycles. The van der Waals surface area contributed by atoms with E-state index in [9.17, 15) is 0 Å². The minimum atomic E-state index is -2.51.